The van der Waals surface area contributed by atoms with Gasteiger partial charge in [-0.1, -0.05) is 67.6 Å². The average Bonchev–Trinajstić information content (AvgIpc) is 3.66. The number of amidine groups is 1. The smallest absolute Gasteiger partial charge is 0.273 e. The van der Waals surface area contributed by atoms with Crippen LogP contribution in [0.4, 0.5) is 23.7 Å². The van der Waals surface area contributed by atoms with Crippen LogP contribution in [0.1, 0.15) is 49.4 Å². The van der Waals surface area contributed by atoms with E-state index in [4.69, 9.17) is 0 Å². The molecule has 0 bridgehead atoms. The number of rotatable bonds is 9. The fourth-order valence-corrected chi connectivity index (χ4v) is 5.46. The third-order valence-electron chi connectivity index (χ3n) is 7.01. The number of thioether (sulfide) groups is 1. The van der Waals surface area contributed by atoms with E-state index in [1.165, 1.54) is 39.8 Å². The highest BCUT2D eigenvalue weighted by Gasteiger charge is 2.32. The summed E-state index contributed by atoms with van der Waals surface area (Å²) in [4.78, 5) is 35.4. The van der Waals surface area contributed by atoms with Gasteiger partial charge in [-0.15, -0.1) is 5.10 Å². The Labute approximate surface area is 256 Å². The molecule has 44 heavy (non-hydrogen) atoms. The number of anilines is 1. The quantitative estimate of drug-likeness (QED) is 0.202. The van der Waals surface area contributed by atoms with E-state index in [2.05, 4.69) is 32.9 Å². The molecule has 0 radical (unpaired) electrons. The van der Waals surface area contributed by atoms with Gasteiger partial charge in [0.2, 0.25) is 5.91 Å². The molecule has 1 fully saturated rings. The summed E-state index contributed by atoms with van der Waals surface area (Å²) in [5, 5.41) is 4.72. The first kappa shape index (κ1) is 31.0. The first-order chi connectivity index (χ1) is 21.1. The highest BCUT2D eigenvalue weighted by atomic mass is 32.2. The minimum atomic E-state index is -4.41. The number of carbonyl (C=O) groups excluding carboxylic acids is 2. The second-order valence-corrected chi connectivity index (χ2v) is 11.1. The molecule has 228 valence electrons. The van der Waals surface area contributed by atoms with E-state index in [-0.39, 0.29) is 17.7 Å². The molecule has 0 saturated carbocycles. The molecule has 3 amide bonds. The molecule has 2 N–H and O–H groups in total. The Bertz CT molecular complexity index is 1650. The van der Waals surface area contributed by atoms with Gasteiger partial charge in [0.1, 0.15) is 6.33 Å². The number of aryl methyl sites for hydroxylation is 1. The number of hydrazine groups is 1. The maximum Gasteiger partial charge on any atom is 0.416 e. The number of aromatic nitrogens is 3. The molecule has 1 aromatic heterocycles. The molecular formula is C31H30F3N7O2S. The predicted octanol–water partition coefficient (Wildman–Crippen LogP) is 6.71. The largest absolute Gasteiger partial charge is 0.416 e. The summed E-state index contributed by atoms with van der Waals surface area (Å²) in [5.41, 5.74) is 8.62. The van der Waals surface area contributed by atoms with Crippen LogP contribution in [-0.2, 0) is 17.4 Å². The van der Waals surface area contributed by atoms with Crippen LogP contribution in [0.25, 0.3) is 17.1 Å². The summed E-state index contributed by atoms with van der Waals surface area (Å²) in [6.07, 6.45) is -0.123. The van der Waals surface area contributed by atoms with Gasteiger partial charge in [0.05, 0.1) is 22.7 Å². The second kappa shape index (κ2) is 13.4. The van der Waals surface area contributed by atoms with Crippen molar-refractivity contribution in [2.24, 2.45) is 4.99 Å². The van der Waals surface area contributed by atoms with Crippen LogP contribution in [0, 0.1) is 0 Å². The number of alkyl halides is 3. The Hall–Kier alpha value is -4.49. The van der Waals surface area contributed by atoms with Crippen LogP contribution in [-0.4, -0.2) is 37.6 Å². The topological polar surface area (TPSA) is 105 Å². The van der Waals surface area contributed by atoms with Crippen molar-refractivity contribution in [3.05, 3.63) is 95.8 Å². The Morgan fingerprint density at radius 3 is 2.50 bits per heavy atom. The fourth-order valence-electron chi connectivity index (χ4n) is 4.60. The second-order valence-electron chi connectivity index (χ2n) is 10.1. The van der Waals surface area contributed by atoms with E-state index in [1.54, 1.807) is 0 Å². The van der Waals surface area contributed by atoms with Crippen LogP contribution >= 0.6 is 11.8 Å². The van der Waals surface area contributed by atoms with Crippen LogP contribution in [0.15, 0.2) is 84.1 Å². The maximum absolute atomic E-state index is 12.9. The Morgan fingerprint density at radius 1 is 1.07 bits per heavy atom. The van der Waals surface area contributed by atoms with Crippen molar-refractivity contribution in [1.29, 1.82) is 0 Å². The molecule has 0 spiro atoms. The number of hydrogen-bond acceptors (Lipinski definition) is 6. The first-order valence-corrected chi connectivity index (χ1v) is 15.0. The van der Waals surface area contributed by atoms with Gasteiger partial charge in [-0.2, -0.15) is 18.2 Å². The molecule has 4 aromatic rings. The molecule has 0 aliphatic carbocycles. The van der Waals surface area contributed by atoms with Crippen molar-refractivity contribution in [1.82, 2.24) is 25.6 Å². The van der Waals surface area contributed by atoms with Gasteiger partial charge in [-0.25, -0.2) is 19.9 Å². The van der Waals surface area contributed by atoms with E-state index < -0.39 is 17.8 Å². The number of nitrogens with zero attached hydrogens (tertiary/aromatic N) is 5. The van der Waals surface area contributed by atoms with E-state index in [0.717, 1.165) is 48.2 Å². The lowest BCUT2D eigenvalue weighted by Gasteiger charge is -2.20. The van der Waals surface area contributed by atoms with Crippen molar-refractivity contribution in [3.63, 3.8) is 0 Å². The molecule has 13 heteroatoms. The van der Waals surface area contributed by atoms with Gasteiger partial charge < -0.3 is 0 Å². The molecule has 1 saturated heterocycles. The number of carbonyl (C=O) groups is 2. The Kier molecular flexibility index (Phi) is 9.45. The first-order valence-electron chi connectivity index (χ1n) is 14.0. The number of halogens is 3. The zero-order valence-electron chi connectivity index (χ0n) is 24.0. The summed E-state index contributed by atoms with van der Waals surface area (Å²) in [5.74, 6) is 0.498. The summed E-state index contributed by atoms with van der Waals surface area (Å²) >= 11 is 1.23. The molecule has 9 nitrogen and oxygen atoms in total. The number of benzene rings is 3. The zero-order chi connectivity index (χ0) is 31.3. The maximum atomic E-state index is 12.9. The van der Waals surface area contributed by atoms with Gasteiger partial charge >= 0.3 is 12.2 Å². The van der Waals surface area contributed by atoms with Crippen molar-refractivity contribution >= 4 is 34.6 Å². The third-order valence-corrected chi connectivity index (χ3v) is 7.93. The monoisotopic (exact) mass is 621 g/mol. The van der Waals surface area contributed by atoms with Gasteiger partial charge in [-0.3, -0.25) is 15.1 Å². The Balaban J connectivity index is 1.20. The lowest BCUT2D eigenvalue weighted by Crippen LogP contribution is -2.39. The number of amides is 3. The summed E-state index contributed by atoms with van der Waals surface area (Å²) in [6.45, 7) is 3.98. The number of aliphatic imine (C=N–C) groups is 1. The minimum Gasteiger partial charge on any atom is -0.273 e. The van der Waals surface area contributed by atoms with Crippen molar-refractivity contribution in [2.45, 2.75) is 45.3 Å². The van der Waals surface area contributed by atoms with E-state index in [9.17, 15) is 22.8 Å². The van der Waals surface area contributed by atoms with Gasteiger partial charge in [0, 0.05) is 11.6 Å². The molecular weight excluding hydrogens is 591 g/mol. The predicted molar refractivity (Wildman–Crippen MR) is 164 cm³/mol. The van der Waals surface area contributed by atoms with Crippen LogP contribution < -0.4 is 15.8 Å². The standard InChI is InChI=1S/C31H30F3N7O2S/c1-3-4-7-22-8-5-6-9-26(22)41-27(42)18-44-30(41)36-29(43)38-37-20(2)21-10-12-23(13-11-21)28-35-19-40(39-28)25-16-14-24(15-17-25)31(32,33)34/h5-6,8-17,19-20,37H,3-4,7,18H2,1-2H3,(H,38,43). The molecule has 3 aromatic carbocycles. The third kappa shape index (κ3) is 7.17. The van der Waals surface area contributed by atoms with E-state index >= 15 is 0 Å². The molecule has 2 heterocycles. The highest BCUT2D eigenvalue weighted by Crippen LogP contribution is 2.31. The minimum absolute atomic E-state index is 0.120. The molecule has 1 aliphatic rings. The lowest BCUT2D eigenvalue weighted by atomic mass is 10.1. The van der Waals surface area contributed by atoms with Crippen LogP contribution in [0.2, 0.25) is 0 Å². The normalized spacial score (nSPS) is 15.2. The number of para-hydroxylation sites is 1. The number of nitrogens with one attached hydrogen (secondary N) is 2. The summed E-state index contributed by atoms with van der Waals surface area (Å²) in [6, 6.07) is 18.8. The molecule has 1 unspecified atom stereocenters. The number of hydrogen-bond donors (Lipinski definition) is 2. The lowest BCUT2D eigenvalue weighted by molar-refractivity contribution is -0.137. The van der Waals surface area contributed by atoms with Gasteiger partial charge in [-0.05, 0) is 61.2 Å². The average molecular weight is 622 g/mol. The SMILES string of the molecule is CCCCc1ccccc1N1C(=O)CSC1=NC(=O)NNC(C)c1ccc(-c2ncn(-c3ccc(C(F)(F)F)cc3)n2)cc1. The van der Waals surface area contributed by atoms with Crippen LogP contribution in [0.3, 0.4) is 0 Å². The van der Waals surface area contributed by atoms with Crippen molar-refractivity contribution in [2.75, 3.05) is 10.7 Å². The van der Waals surface area contributed by atoms with Crippen molar-refractivity contribution in [3.8, 4) is 17.1 Å². The Morgan fingerprint density at radius 2 is 1.80 bits per heavy atom. The van der Waals surface area contributed by atoms with Gasteiger partial charge in [0.15, 0.2) is 11.0 Å². The zero-order valence-corrected chi connectivity index (χ0v) is 24.8. The highest BCUT2D eigenvalue weighted by molar-refractivity contribution is 8.15. The summed E-state index contributed by atoms with van der Waals surface area (Å²) < 4.78 is 40.0. The van der Waals surface area contributed by atoms with E-state index in [1.807, 2.05) is 55.5 Å². The van der Waals surface area contributed by atoms with Crippen molar-refractivity contribution < 1.29 is 22.8 Å². The van der Waals surface area contributed by atoms with Gasteiger partial charge in [0.25, 0.3) is 0 Å². The molecule has 1 aliphatic heterocycles. The molecule has 1 atom stereocenters. The molecule has 5 rings (SSSR count). The fraction of sp³-hybridized carbons (Fsp3) is 0.258. The van der Waals surface area contributed by atoms with Crippen LogP contribution in [0.5, 0.6) is 0 Å². The van der Waals surface area contributed by atoms with E-state index in [0.29, 0.717) is 22.2 Å². The summed E-state index contributed by atoms with van der Waals surface area (Å²) in [7, 11) is 0. The number of urea groups is 1. The number of unbranched alkanes of at least 4 members (excludes halogenated alkanes) is 1.